The van der Waals surface area contributed by atoms with Gasteiger partial charge in [-0.2, -0.15) is 0 Å². The van der Waals surface area contributed by atoms with Crippen LogP contribution in [-0.4, -0.2) is 49.1 Å². The van der Waals surface area contributed by atoms with Crippen molar-refractivity contribution in [2.24, 2.45) is 0 Å². The Morgan fingerprint density at radius 3 is 2.56 bits per heavy atom. The molecular formula is C22H19Cl2N7O3S2. The highest BCUT2D eigenvalue weighted by molar-refractivity contribution is 7.99. The van der Waals surface area contributed by atoms with Gasteiger partial charge in [-0.3, -0.25) is 19.5 Å². The van der Waals surface area contributed by atoms with E-state index in [1.807, 2.05) is 18.2 Å². The van der Waals surface area contributed by atoms with Crippen LogP contribution in [0.5, 0.6) is 5.75 Å². The molecule has 186 valence electrons. The monoisotopic (exact) mass is 563 g/mol. The van der Waals surface area contributed by atoms with E-state index >= 15 is 0 Å². The Bertz CT molecular complexity index is 1360. The predicted molar refractivity (Wildman–Crippen MR) is 139 cm³/mol. The Balaban J connectivity index is 1.45. The molecule has 2 heterocycles. The average molecular weight is 564 g/mol. The van der Waals surface area contributed by atoms with Gasteiger partial charge in [0.25, 0.3) is 5.91 Å². The zero-order chi connectivity index (χ0) is 25.5. The molecule has 0 aliphatic carbocycles. The van der Waals surface area contributed by atoms with Crippen molar-refractivity contribution in [2.75, 3.05) is 17.7 Å². The van der Waals surface area contributed by atoms with Gasteiger partial charge in [0.1, 0.15) is 10.8 Å². The second kappa shape index (κ2) is 12.2. The molecule has 0 unspecified atom stereocenters. The summed E-state index contributed by atoms with van der Waals surface area (Å²) in [6, 6.07) is 14.1. The van der Waals surface area contributed by atoms with E-state index in [0.717, 1.165) is 5.01 Å². The molecule has 2 amide bonds. The highest BCUT2D eigenvalue weighted by Gasteiger charge is 2.18. The van der Waals surface area contributed by atoms with Gasteiger partial charge < -0.3 is 10.1 Å². The number of carbonyl (C=O) groups excluding carboxylic acids is 2. The lowest BCUT2D eigenvalue weighted by atomic mass is 10.3. The highest BCUT2D eigenvalue weighted by Crippen LogP contribution is 2.28. The molecule has 0 atom stereocenters. The molecule has 0 saturated carbocycles. The first kappa shape index (κ1) is 25.9. The summed E-state index contributed by atoms with van der Waals surface area (Å²) < 4.78 is 7.18. The molecule has 0 saturated heterocycles. The number of hydrogen-bond donors (Lipinski definition) is 2. The number of aryl methyl sites for hydroxylation is 1. The van der Waals surface area contributed by atoms with E-state index < -0.39 is 0 Å². The third kappa shape index (κ3) is 6.94. The Kier molecular flexibility index (Phi) is 8.75. The molecule has 0 aliphatic rings. The highest BCUT2D eigenvalue weighted by atomic mass is 35.5. The number of nitrogens with zero attached hydrogens (tertiary/aromatic N) is 5. The first-order valence-corrected chi connectivity index (χ1v) is 13.0. The van der Waals surface area contributed by atoms with Gasteiger partial charge in [0.15, 0.2) is 17.6 Å². The van der Waals surface area contributed by atoms with E-state index in [1.165, 1.54) is 23.1 Å². The van der Waals surface area contributed by atoms with E-state index in [2.05, 4.69) is 31.0 Å². The van der Waals surface area contributed by atoms with Crippen LogP contribution in [0.15, 0.2) is 53.7 Å². The van der Waals surface area contributed by atoms with Crippen LogP contribution < -0.4 is 15.4 Å². The van der Waals surface area contributed by atoms with Gasteiger partial charge in [-0.15, -0.1) is 20.4 Å². The summed E-state index contributed by atoms with van der Waals surface area (Å²) in [5.74, 6) is 0.475. The minimum atomic E-state index is -0.330. The number of para-hydroxylation sites is 1. The molecule has 0 aliphatic heterocycles. The van der Waals surface area contributed by atoms with Crippen LogP contribution in [0, 0.1) is 6.92 Å². The molecule has 0 radical (unpaired) electrons. The number of benzene rings is 2. The van der Waals surface area contributed by atoms with Gasteiger partial charge in [0.2, 0.25) is 11.0 Å². The van der Waals surface area contributed by atoms with E-state index in [9.17, 15) is 9.59 Å². The summed E-state index contributed by atoms with van der Waals surface area (Å²) in [5, 5.41) is 24.0. The van der Waals surface area contributed by atoms with Crippen LogP contribution in [0.25, 0.3) is 5.69 Å². The van der Waals surface area contributed by atoms with Gasteiger partial charge in [-0.25, -0.2) is 0 Å². The van der Waals surface area contributed by atoms with Gasteiger partial charge in [0.05, 0.1) is 28.0 Å². The molecule has 0 bridgehead atoms. The van der Waals surface area contributed by atoms with Crippen molar-refractivity contribution < 1.29 is 14.3 Å². The average Bonchev–Trinajstić information content (AvgIpc) is 3.47. The molecule has 14 heteroatoms. The zero-order valence-electron chi connectivity index (χ0n) is 18.8. The van der Waals surface area contributed by atoms with Crippen molar-refractivity contribution in [3.8, 4) is 11.4 Å². The van der Waals surface area contributed by atoms with E-state index in [4.69, 9.17) is 27.9 Å². The number of rotatable bonds is 10. The van der Waals surface area contributed by atoms with Crippen LogP contribution in [0.3, 0.4) is 0 Å². The normalized spacial score (nSPS) is 10.8. The van der Waals surface area contributed by atoms with Crippen molar-refractivity contribution in [3.63, 3.8) is 0 Å². The maximum absolute atomic E-state index is 12.4. The second-order valence-corrected chi connectivity index (χ2v) is 10.1. The van der Waals surface area contributed by atoms with Gasteiger partial charge in [-0.1, -0.05) is 64.5 Å². The predicted octanol–water partition coefficient (Wildman–Crippen LogP) is 4.16. The summed E-state index contributed by atoms with van der Waals surface area (Å²) >= 11 is 14.8. The fraction of sp³-hybridized carbons (Fsp3) is 0.182. The molecule has 36 heavy (non-hydrogen) atoms. The summed E-state index contributed by atoms with van der Waals surface area (Å²) in [6.07, 6.45) is 0. The third-order valence-electron chi connectivity index (χ3n) is 4.52. The van der Waals surface area contributed by atoms with Crippen LogP contribution >= 0.6 is 46.3 Å². The maximum Gasteiger partial charge on any atom is 0.258 e. The van der Waals surface area contributed by atoms with E-state index in [0.29, 0.717) is 37.6 Å². The first-order chi connectivity index (χ1) is 17.4. The number of amides is 2. The molecule has 0 fully saturated rings. The summed E-state index contributed by atoms with van der Waals surface area (Å²) in [7, 11) is 0. The smallest absolute Gasteiger partial charge is 0.258 e. The van der Waals surface area contributed by atoms with Crippen LogP contribution in [0.1, 0.15) is 10.8 Å². The Labute approximate surface area is 224 Å². The first-order valence-electron chi connectivity index (χ1n) is 10.5. The fourth-order valence-corrected chi connectivity index (χ4v) is 4.59. The lowest BCUT2D eigenvalue weighted by Gasteiger charge is -2.12. The molecule has 2 aromatic carbocycles. The number of thioether (sulfide) groups is 1. The SMILES string of the molecule is Cc1nnc(NC(=O)CSc2nnc(CNC(=O)COc3ccccc3)n2-c2ccc(Cl)c(Cl)c2)s1. The van der Waals surface area contributed by atoms with E-state index in [1.54, 1.807) is 41.8 Å². The van der Waals surface area contributed by atoms with Crippen LogP contribution in [0.2, 0.25) is 10.0 Å². The Hall–Kier alpha value is -3.19. The van der Waals surface area contributed by atoms with E-state index in [-0.39, 0.29) is 30.7 Å². The van der Waals surface area contributed by atoms with Crippen molar-refractivity contribution in [1.29, 1.82) is 0 Å². The van der Waals surface area contributed by atoms with Crippen molar-refractivity contribution >= 4 is 63.2 Å². The topological polar surface area (TPSA) is 124 Å². The Morgan fingerprint density at radius 2 is 1.83 bits per heavy atom. The standard InChI is InChI=1S/C22H19Cl2N7O3S2/c1-13-27-29-21(36-13)26-20(33)12-35-22-30-28-18(31(22)14-7-8-16(23)17(24)9-14)10-25-19(32)11-34-15-5-3-2-4-6-15/h2-9H,10-12H2,1H3,(H,25,32)(H,26,29,33). The Morgan fingerprint density at radius 1 is 1.03 bits per heavy atom. The number of anilines is 1. The lowest BCUT2D eigenvalue weighted by molar-refractivity contribution is -0.123. The van der Waals surface area contributed by atoms with Crippen LogP contribution in [0.4, 0.5) is 5.13 Å². The van der Waals surface area contributed by atoms with Gasteiger partial charge in [0, 0.05) is 0 Å². The zero-order valence-corrected chi connectivity index (χ0v) is 21.9. The molecular weight excluding hydrogens is 545 g/mol. The number of aromatic nitrogens is 5. The van der Waals surface area contributed by atoms with Gasteiger partial charge >= 0.3 is 0 Å². The van der Waals surface area contributed by atoms with Crippen molar-refractivity contribution in [2.45, 2.75) is 18.6 Å². The minimum Gasteiger partial charge on any atom is -0.484 e. The van der Waals surface area contributed by atoms with Crippen molar-refractivity contribution in [3.05, 3.63) is 69.4 Å². The van der Waals surface area contributed by atoms with Crippen LogP contribution in [-0.2, 0) is 16.1 Å². The molecule has 4 rings (SSSR count). The second-order valence-electron chi connectivity index (χ2n) is 7.17. The van der Waals surface area contributed by atoms with Gasteiger partial charge in [-0.05, 0) is 37.3 Å². The molecule has 10 nitrogen and oxygen atoms in total. The number of halogens is 2. The molecule has 0 spiro atoms. The molecule has 2 N–H and O–H groups in total. The summed E-state index contributed by atoms with van der Waals surface area (Å²) in [5.41, 5.74) is 0.627. The molecule has 4 aromatic rings. The fourth-order valence-electron chi connectivity index (χ4n) is 2.92. The summed E-state index contributed by atoms with van der Waals surface area (Å²) in [4.78, 5) is 24.7. The quantitative estimate of drug-likeness (QED) is 0.275. The number of hydrogen-bond acceptors (Lipinski definition) is 9. The molecule has 2 aromatic heterocycles. The number of ether oxygens (including phenoxy) is 1. The summed E-state index contributed by atoms with van der Waals surface area (Å²) in [6.45, 7) is 1.72. The number of carbonyl (C=O) groups is 2. The largest absolute Gasteiger partial charge is 0.484 e. The minimum absolute atomic E-state index is 0.0510. The lowest BCUT2D eigenvalue weighted by Crippen LogP contribution is -2.29. The maximum atomic E-state index is 12.4. The number of nitrogens with one attached hydrogen (secondary N) is 2. The third-order valence-corrected chi connectivity index (χ3v) is 6.95. The van der Waals surface area contributed by atoms with Crippen molar-refractivity contribution in [1.82, 2.24) is 30.3 Å².